The molecule has 0 spiro atoms. The van der Waals surface area contributed by atoms with E-state index in [-0.39, 0.29) is 0 Å². The molecule has 2 heteroatoms. The Morgan fingerprint density at radius 2 is 1.38 bits per heavy atom. The Labute approximate surface area is 128 Å². The normalized spacial score (nSPS) is 14.5. The molecule has 0 fully saturated rings. The molecular weight excluding hydrogens is 258 g/mol. The summed E-state index contributed by atoms with van der Waals surface area (Å²) in [4.78, 5) is 0. The number of benzene rings is 2. The number of methoxy groups -OCH3 is 1. The van der Waals surface area contributed by atoms with Crippen molar-refractivity contribution in [2.24, 2.45) is 0 Å². The summed E-state index contributed by atoms with van der Waals surface area (Å²) in [5.74, 6) is 0.923. The van der Waals surface area contributed by atoms with Crippen molar-refractivity contribution in [2.75, 3.05) is 21.2 Å². The molecular formula is C19H26NO+. The third-order valence-electron chi connectivity index (χ3n) is 4.85. The van der Waals surface area contributed by atoms with Crippen LogP contribution in [0.4, 0.5) is 0 Å². The van der Waals surface area contributed by atoms with Crippen molar-refractivity contribution >= 4 is 0 Å². The SMILES string of the molecule is COc1cccc(C(C)[N+](C)(C)C(C)c2ccccc2)c1. The van der Waals surface area contributed by atoms with Gasteiger partial charge in [0.1, 0.15) is 17.8 Å². The zero-order valence-corrected chi connectivity index (χ0v) is 13.7. The Morgan fingerprint density at radius 1 is 0.810 bits per heavy atom. The Bertz CT molecular complexity index is 577. The van der Waals surface area contributed by atoms with E-state index in [1.165, 1.54) is 11.1 Å². The van der Waals surface area contributed by atoms with Gasteiger partial charge in [0.2, 0.25) is 0 Å². The summed E-state index contributed by atoms with van der Waals surface area (Å²) in [5, 5.41) is 0. The highest BCUT2D eigenvalue weighted by Gasteiger charge is 2.32. The van der Waals surface area contributed by atoms with Crippen molar-refractivity contribution in [3.63, 3.8) is 0 Å². The lowest BCUT2D eigenvalue weighted by Gasteiger charge is -2.42. The molecule has 0 aliphatic carbocycles. The van der Waals surface area contributed by atoms with Crippen LogP contribution in [-0.2, 0) is 0 Å². The standard InChI is InChI=1S/C19H26NO/c1-15(17-10-7-6-8-11-17)20(3,4)16(2)18-12-9-13-19(14-18)21-5/h6-16H,1-5H3/q+1. The molecule has 0 saturated carbocycles. The van der Waals surface area contributed by atoms with E-state index in [1.807, 2.05) is 6.07 Å². The van der Waals surface area contributed by atoms with E-state index in [0.717, 1.165) is 10.2 Å². The molecule has 0 aromatic heterocycles. The zero-order chi connectivity index (χ0) is 15.5. The fourth-order valence-electron chi connectivity index (χ4n) is 2.74. The minimum Gasteiger partial charge on any atom is -0.497 e. The molecule has 0 saturated heterocycles. The van der Waals surface area contributed by atoms with Crippen LogP contribution in [0, 0.1) is 0 Å². The maximum absolute atomic E-state index is 5.36. The lowest BCUT2D eigenvalue weighted by Crippen LogP contribution is -2.44. The molecule has 0 aliphatic heterocycles. The highest BCUT2D eigenvalue weighted by molar-refractivity contribution is 5.29. The van der Waals surface area contributed by atoms with Crippen LogP contribution in [0.5, 0.6) is 5.75 Å². The average Bonchev–Trinajstić information content (AvgIpc) is 2.54. The number of quaternary nitrogens is 1. The smallest absolute Gasteiger partial charge is 0.119 e. The highest BCUT2D eigenvalue weighted by Crippen LogP contribution is 2.35. The number of nitrogens with zero attached hydrogens (tertiary/aromatic N) is 1. The van der Waals surface area contributed by atoms with E-state index in [4.69, 9.17) is 4.74 Å². The maximum Gasteiger partial charge on any atom is 0.119 e. The van der Waals surface area contributed by atoms with Gasteiger partial charge in [-0.3, -0.25) is 0 Å². The van der Waals surface area contributed by atoms with Crippen LogP contribution in [-0.4, -0.2) is 25.7 Å². The van der Waals surface area contributed by atoms with E-state index in [9.17, 15) is 0 Å². The van der Waals surface area contributed by atoms with Crippen LogP contribution >= 0.6 is 0 Å². The minimum atomic E-state index is 0.385. The molecule has 0 bridgehead atoms. The van der Waals surface area contributed by atoms with Crippen LogP contribution in [0.2, 0.25) is 0 Å². The largest absolute Gasteiger partial charge is 0.497 e. The first-order chi connectivity index (χ1) is 9.96. The molecule has 2 rings (SSSR count). The van der Waals surface area contributed by atoms with E-state index >= 15 is 0 Å². The molecule has 0 N–H and O–H groups in total. The van der Waals surface area contributed by atoms with E-state index in [2.05, 4.69) is 76.5 Å². The van der Waals surface area contributed by atoms with Crippen molar-refractivity contribution in [3.8, 4) is 5.75 Å². The second-order valence-electron chi connectivity index (χ2n) is 6.17. The van der Waals surface area contributed by atoms with Gasteiger partial charge in [0, 0.05) is 11.1 Å². The van der Waals surface area contributed by atoms with Crippen molar-refractivity contribution in [3.05, 3.63) is 65.7 Å². The Morgan fingerprint density at radius 3 is 2.00 bits per heavy atom. The summed E-state index contributed by atoms with van der Waals surface area (Å²) in [7, 11) is 6.31. The fraction of sp³-hybridized carbons (Fsp3) is 0.368. The van der Waals surface area contributed by atoms with Gasteiger partial charge in [-0.1, -0.05) is 42.5 Å². The molecule has 21 heavy (non-hydrogen) atoms. The molecule has 2 aromatic rings. The van der Waals surface area contributed by atoms with E-state index < -0.39 is 0 Å². The molecule has 2 aromatic carbocycles. The summed E-state index contributed by atoms with van der Waals surface area (Å²) in [6.45, 7) is 4.58. The van der Waals surface area contributed by atoms with Gasteiger partial charge in [-0.05, 0) is 26.0 Å². The van der Waals surface area contributed by atoms with Gasteiger partial charge in [0.05, 0.1) is 21.2 Å². The fourth-order valence-corrected chi connectivity index (χ4v) is 2.74. The van der Waals surface area contributed by atoms with Crippen molar-refractivity contribution in [2.45, 2.75) is 25.9 Å². The van der Waals surface area contributed by atoms with Gasteiger partial charge < -0.3 is 9.22 Å². The van der Waals surface area contributed by atoms with Crippen LogP contribution in [0.25, 0.3) is 0 Å². The van der Waals surface area contributed by atoms with Crippen molar-refractivity contribution in [1.82, 2.24) is 0 Å². The Hall–Kier alpha value is -1.80. The highest BCUT2D eigenvalue weighted by atomic mass is 16.5. The molecule has 2 nitrogen and oxygen atoms in total. The predicted molar refractivity (Wildman–Crippen MR) is 88.4 cm³/mol. The van der Waals surface area contributed by atoms with Crippen LogP contribution in [0.1, 0.15) is 37.1 Å². The summed E-state index contributed by atoms with van der Waals surface area (Å²) in [5.41, 5.74) is 2.68. The maximum atomic E-state index is 5.36. The molecule has 0 amide bonds. The molecule has 0 aliphatic rings. The first-order valence-electron chi connectivity index (χ1n) is 7.49. The summed E-state index contributed by atoms with van der Waals surface area (Å²) < 4.78 is 6.26. The van der Waals surface area contributed by atoms with Crippen LogP contribution in [0.3, 0.4) is 0 Å². The van der Waals surface area contributed by atoms with Gasteiger partial charge in [0.25, 0.3) is 0 Å². The first kappa shape index (κ1) is 15.6. The second kappa shape index (κ2) is 6.31. The van der Waals surface area contributed by atoms with Crippen molar-refractivity contribution in [1.29, 1.82) is 0 Å². The molecule has 112 valence electrons. The number of hydrogen-bond acceptors (Lipinski definition) is 1. The van der Waals surface area contributed by atoms with Gasteiger partial charge in [-0.25, -0.2) is 0 Å². The summed E-state index contributed by atoms with van der Waals surface area (Å²) in [6, 6.07) is 19.9. The van der Waals surface area contributed by atoms with E-state index in [1.54, 1.807) is 7.11 Å². The van der Waals surface area contributed by atoms with Gasteiger partial charge in [0.15, 0.2) is 0 Å². The van der Waals surface area contributed by atoms with Gasteiger partial charge in [-0.15, -0.1) is 0 Å². The predicted octanol–water partition coefficient (Wildman–Crippen LogP) is 4.59. The topological polar surface area (TPSA) is 9.23 Å². The van der Waals surface area contributed by atoms with Crippen molar-refractivity contribution < 1.29 is 9.22 Å². The monoisotopic (exact) mass is 284 g/mol. The number of rotatable bonds is 5. The lowest BCUT2D eigenvalue weighted by atomic mass is 9.99. The second-order valence-corrected chi connectivity index (χ2v) is 6.17. The van der Waals surface area contributed by atoms with Crippen LogP contribution < -0.4 is 4.74 Å². The van der Waals surface area contributed by atoms with Crippen LogP contribution in [0.15, 0.2) is 54.6 Å². The Kier molecular flexibility index (Phi) is 4.69. The van der Waals surface area contributed by atoms with Gasteiger partial charge >= 0.3 is 0 Å². The molecule has 2 atom stereocenters. The third-order valence-corrected chi connectivity index (χ3v) is 4.85. The summed E-state index contributed by atoms with van der Waals surface area (Å²) in [6.07, 6.45) is 0. The molecule has 0 heterocycles. The average molecular weight is 284 g/mol. The molecule has 2 unspecified atom stereocenters. The Balaban J connectivity index is 2.29. The third kappa shape index (κ3) is 3.27. The number of hydrogen-bond donors (Lipinski definition) is 0. The minimum absolute atomic E-state index is 0.385. The van der Waals surface area contributed by atoms with Gasteiger partial charge in [-0.2, -0.15) is 0 Å². The summed E-state index contributed by atoms with van der Waals surface area (Å²) >= 11 is 0. The quantitative estimate of drug-likeness (QED) is 0.729. The zero-order valence-electron chi connectivity index (χ0n) is 13.7. The lowest BCUT2D eigenvalue weighted by molar-refractivity contribution is -0.946. The van der Waals surface area contributed by atoms with E-state index in [0.29, 0.717) is 12.1 Å². The first-order valence-corrected chi connectivity index (χ1v) is 7.49. The number of ether oxygens (including phenoxy) is 1. The molecule has 0 radical (unpaired) electrons.